The first-order chi connectivity index (χ1) is 13.1. The van der Waals surface area contributed by atoms with Crippen molar-refractivity contribution >= 4 is 5.91 Å². The van der Waals surface area contributed by atoms with Crippen LogP contribution in [0.3, 0.4) is 0 Å². The second-order valence-corrected chi connectivity index (χ2v) is 8.41. The Hall–Kier alpha value is -1.43. The summed E-state index contributed by atoms with van der Waals surface area (Å²) in [5.41, 5.74) is 2.05. The number of ether oxygens (including phenoxy) is 2. The summed E-state index contributed by atoms with van der Waals surface area (Å²) in [5.74, 6) is 0.162. The molecule has 27 heavy (non-hydrogen) atoms. The monoisotopic (exact) mass is 372 g/mol. The minimum Gasteiger partial charge on any atom is -0.374 e. The minimum atomic E-state index is 0.162. The lowest BCUT2D eigenvalue weighted by Gasteiger charge is -2.43. The molecule has 0 N–H and O–H groups in total. The molecule has 0 radical (unpaired) electrons. The molecule has 0 bridgehead atoms. The van der Waals surface area contributed by atoms with Gasteiger partial charge in [-0.1, -0.05) is 25.0 Å². The highest BCUT2D eigenvalue weighted by atomic mass is 16.5. The third-order valence-electron chi connectivity index (χ3n) is 6.10. The molecule has 2 aliphatic heterocycles. The SMILES string of the molecule is CC1CN(Cc2ccc(C(=O)N3CCOC4CCCCC43)cc2)CC(C)O1. The normalized spacial score (nSPS) is 32.1. The molecule has 2 heterocycles. The van der Waals surface area contributed by atoms with Crippen LogP contribution in [0.25, 0.3) is 0 Å². The first-order valence-electron chi connectivity index (χ1n) is 10.5. The van der Waals surface area contributed by atoms with Gasteiger partial charge >= 0.3 is 0 Å². The Bertz CT molecular complexity index is 635. The van der Waals surface area contributed by atoms with Gasteiger partial charge in [0.15, 0.2) is 0 Å². The maximum atomic E-state index is 13.1. The number of carbonyl (C=O) groups is 1. The molecule has 5 nitrogen and oxygen atoms in total. The molecule has 1 aromatic carbocycles. The maximum Gasteiger partial charge on any atom is 0.254 e. The number of morpholine rings is 2. The Kier molecular flexibility index (Phi) is 5.81. The lowest BCUT2D eigenvalue weighted by molar-refractivity contribution is -0.0752. The number of fused-ring (bicyclic) bond motifs is 1. The third kappa shape index (κ3) is 4.36. The van der Waals surface area contributed by atoms with Gasteiger partial charge in [0.2, 0.25) is 0 Å². The summed E-state index contributed by atoms with van der Waals surface area (Å²) in [6.45, 7) is 8.47. The summed E-state index contributed by atoms with van der Waals surface area (Å²) < 4.78 is 11.7. The van der Waals surface area contributed by atoms with Gasteiger partial charge in [0.05, 0.1) is 31.0 Å². The highest BCUT2D eigenvalue weighted by Gasteiger charge is 2.36. The smallest absolute Gasteiger partial charge is 0.254 e. The van der Waals surface area contributed by atoms with E-state index in [1.165, 1.54) is 18.4 Å². The topological polar surface area (TPSA) is 42.0 Å². The fraction of sp³-hybridized carbons (Fsp3) is 0.682. The molecular formula is C22H32N2O3. The first-order valence-corrected chi connectivity index (χ1v) is 10.5. The fourth-order valence-corrected chi connectivity index (χ4v) is 4.94. The molecule has 0 aromatic heterocycles. The van der Waals surface area contributed by atoms with Gasteiger partial charge in [-0.25, -0.2) is 0 Å². The van der Waals surface area contributed by atoms with E-state index in [0.29, 0.717) is 13.2 Å². The lowest BCUT2D eigenvalue weighted by atomic mass is 9.89. The van der Waals surface area contributed by atoms with Crippen LogP contribution in [0.4, 0.5) is 0 Å². The predicted molar refractivity (Wildman–Crippen MR) is 105 cm³/mol. The molecule has 0 spiro atoms. The van der Waals surface area contributed by atoms with Crippen LogP contribution in [0.5, 0.6) is 0 Å². The summed E-state index contributed by atoms with van der Waals surface area (Å²) in [4.78, 5) is 17.6. The molecule has 4 unspecified atom stereocenters. The van der Waals surface area contributed by atoms with Crippen molar-refractivity contribution in [2.75, 3.05) is 26.2 Å². The van der Waals surface area contributed by atoms with Crippen LogP contribution in [0.2, 0.25) is 0 Å². The van der Waals surface area contributed by atoms with Crippen molar-refractivity contribution in [3.63, 3.8) is 0 Å². The Morgan fingerprint density at radius 3 is 2.52 bits per heavy atom. The molecular weight excluding hydrogens is 340 g/mol. The number of rotatable bonds is 3. The summed E-state index contributed by atoms with van der Waals surface area (Å²) in [5, 5.41) is 0. The van der Waals surface area contributed by atoms with E-state index < -0.39 is 0 Å². The molecule has 1 aliphatic carbocycles. The van der Waals surface area contributed by atoms with E-state index in [1.807, 2.05) is 12.1 Å². The number of carbonyl (C=O) groups excluding carboxylic acids is 1. The van der Waals surface area contributed by atoms with E-state index in [-0.39, 0.29) is 30.3 Å². The number of amides is 1. The van der Waals surface area contributed by atoms with Crippen LogP contribution in [-0.4, -0.2) is 66.3 Å². The third-order valence-corrected chi connectivity index (χ3v) is 6.10. The summed E-state index contributed by atoms with van der Waals surface area (Å²) in [7, 11) is 0. The number of benzene rings is 1. The molecule has 3 aliphatic rings. The second kappa shape index (κ2) is 8.29. The number of nitrogens with zero attached hydrogens (tertiary/aromatic N) is 2. The summed E-state index contributed by atoms with van der Waals surface area (Å²) in [6.07, 6.45) is 5.37. The van der Waals surface area contributed by atoms with Gasteiger partial charge in [0.25, 0.3) is 5.91 Å². The van der Waals surface area contributed by atoms with Crippen LogP contribution in [-0.2, 0) is 16.0 Å². The highest BCUT2D eigenvalue weighted by molar-refractivity contribution is 5.94. The van der Waals surface area contributed by atoms with Crippen LogP contribution < -0.4 is 0 Å². The minimum absolute atomic E-state index is 0.162. The predicted octanol–water partition coefficient (Wildman–Crippen LogP) is 3.08. The molecule has 4 atom stereocenters. The molecule has 1 amide bonds. The van der Waals surface area contributed by atoms with Crippen molar-refractivity contribution in [1.82, 2.24) is 9.80 Å². The molecule has 3 fully saturated rings. The summed E-state index contributed by atoms with van der Waals surface area (Å²) in [6, 6.07) is 8.47. The van der Waals surface area contributed by atoms with Crippen LogP contribution in [0, 0.1) is 0 Å². The average Bonchev–Trinajstić information content (AvgIpc) is 2.67. The van der Waals surface area contributed by atoms with Gasteiger partial charge in [0.1, 0.15) is 0 Å². The van der Waals surface area contributed by atoms with Crippen molar-refractivity contribution in [1.29, 1.82) is 0 Å². The van der Waals surface area contributed by atoms with E-state index in [0.717, 1.165) is 38.0 Å². The Labute approximate surface area is 162 Å². The maximum absolute atomic E-state index is 13.1. The molecule has 2 saturated heterocycles. The molecule has 1 saturated carbocycles. The molecule has 5 heteroatoms. The Balaban J connectivity index is 1.40. The zero-order valence-electron chi connectivity index (χ0n) is 16.6. The van der Waals surface area contributed by atoms with Crippen LogP contribution >= 0.6 is 0 Å². The van der Waals surface area contributed by atoms with Gasteiger partial charge in [-0.15, -0.1) is 0 Å². The quantitative estimate of drug-likeness (QED) is 0.818. The number of hydrogen-bond donors (Lipinski definition) is 0. The van der Waals surface area contributed by atoms with E-state index in [4.69, 9.17) is 9.47 Å². The van der Waals surface area contributed by atoms with Crippen LogP contribution in [0.15, 0.2) is 24.3 Å². The van der Waals surface area contributed by atoms with Gasteiger partial charge < -0.3 is 14.4 Å². The van der Waals surface area contributed by atoms with Crippen molar-refractivity contribution in [3.05, 3.63) is 35.4 Å². The Morgan fingerprint density at radius 2 is 1.78 bits per heavy atom. The van der Waals surface area contributed by atoms with Crippen molar-refractivity contribution in [2.45, 2.75) is 70.4 Å². The molecule has 1 aromatic rings. The molecule has 4 rings (SSSR count). The van der Waals surface area contributed by atoms with Crippen molar-refractivity contribution < 1.29 is 14.3 Å². The van der Waals surface area contributed by atoms with E-state index in [1.54, 1.807) is 0 Å². The van der Waals surface area contributed by atoms with E-state index in [9.17, 15) is 4.79 Å². The summed E-state index contributed by atoms with van der Waals surface area (Å²) >= 11 is 0. The fourth-order valence-electron chi connectivity index (χ4n) is 4.94. The van der Waals surface area contributed by atoms with E-state index in [2.05, 4.69) is 35.8 Å². The number of hydrogen-bond acceptors (Lipinski definition) is 4. The largest absolute Gasteiger partial charge is 0.374 e. The van der Waals surface area contributed by atoms with E-state index >= 15 is 0 Å². The highest BCUT2D eigenvalue weighted by Crippen LogP contribution is 2.29. The lowest BCUT2D eigenvalue weighted by Crippen LogP contribution is -2.54. The average molecular weight is 373 g/mol. The first kappa shape index (κ1) is 18.9. The standard InChI is InChI=1S/C22H32N2O3/c1-16-13-23(14-17(2)27-16)15-18-7-9-19(10-8-18)22(25)24-11-12-26-21-6-4-3-5-20(21)24/h7-10,16-17,20-21H,3-6,11-15H2,1-2H3. The van der Waals surface area contributed by atoms with Gasteiger partial charge in [-0.05, 0) is 44.4 Å². The second-order valence-electron chi connectivity index (χ2n) is 8.41. The Morgan fingerprint density at radius 1 is 1.07 bits per heavy atom. The van der Waals surface area contributed by atoms with Crippen molar-refractivity contribution in [3.8, 4) is 0 Å². The van der Waals surface area contributed by atoms with Gasteiger partial charge in [0, 0.05) is 31.7 Å². The zero-order valence-corrected chi connectivity index (χ0v) is 16.6. The van der Waals surface area contributed by atoms with Crippen LogP contribution in [0.1, 0.15) is 55.5 Å². The van der Waals surface area contributed by atoms with Gasteiger partial charge in [-0.2, -0.15) is 0 Å². The van der Waals surface area contributed by atoms with Crippen molar-refractivity contribution in [2.24, 2.45) is 0 Å². The van der Waals surface area contributed by atoms with Gasteiger partial charge in [-0.3, -0.25) is 9.69 Å². The zero-order chi connectivity index (χ0) is 18.8. The molecule has 148 valence electrons.